The minimum absolute atomic E-state index is 0.00445. The lowest BCUT2D eigenvalue weighted by Gasteiger charge is -2.32. The van der Waals surface area contributed by atoms with Gasteiger partial charge < -0.3 is 10.1 Å². The molecule has 0 amide bonds. The highest BCUT2D eigenvalue weighted by Crippen LogP contribution is 2.33. The second kappa shape index (κ2) is 9.57. The van der Waals surface area contributed by atoms with Crippen LogP contribution in [0.2, 0.25) is 5.02 Å². The van der Waals surface area contributed by atoms with Crippen LogP contribution < -0.4 is 14.8 Å². The molecule has 2 aromatic carbocycles. The molecule has 1 aliphatic rings. The van der Waals surface area contributed by atoms with E-state index in [9.17, 15) is 17.2 Å². The van der Waals surface area contributed by atoms with Crippen molar-refractivity contribution >= 4 is 27.6 Å². The minimum Gasteiger partial charge on any atom is -0.490 e. The molecule has 33 heavy (non-hydrogen) atoms. The fourth-order valence-corrected chi connectivity index (χ4v) is 4.90. The first-order valence-electron chi connectivity index (χ1n) is 10.1. The van der Waals surface area contributed by atoms with Gasteiger partial charge in [0.15, 0.2) is 11.6 Å². The number of sulfonamides is 1. The Morgan fingerprint density at radius 3 is 2.70 bits per heavy atom. The smallest absolute Gasteiger partial charge is 0.277 e. The standard InChI is InChI=1S/C20H21ClF2N6O3S/c1-29-26-20(25-28-29)27-33(30,31)19-9-16(22)18(8-17(19)23)32-11-13-10-24-7-6-15(13)12-2-4-14(21)5-3-12/h2-5,8-9,13,15,24H,6-7,10-11H2,1H3,(H,26,27)/t13-,15?/m0/s1. The molecular formula is C20H21ClF2N6O3S. The number of hydrogen-bond donors (Lipinski definition) is 2. The second-order valence-electron chi connectivity index (χ2n) is 7.64. The average Bonchev–Trinajstić information content (AvgIpc) is 3.18. The first-order chi connectivity index (χ1) is 15.7. The van der Waals surface area contributed by atoms with Crippen molar-refractivity contribution in [2.75, 3.05) is 24.4 Å². The SMILES string of the molecule is Cn1nnc(NS(=O)(=O)c2cc(F)c(OC[C@@H]3CNCCC3c3ccc(Cl)cc3)cc2F)n1. The maximum Gasteiger partial charge on any atom is 0.277 e. The van der Waals surface area contributed by atoms with E-state index in [0.717, 1.165) is 29.4 Å². The number of rotatable bonds is 7. The van der Waals surface area contributed by atoms with Crippen LogP contribution in [-0.2, 0) is 17.1 Å². The van der Waals surface area contributed by atoms with Crippen molar-refractivity contribution in [1.82, 2.24) is 25.5 Å². The summed E-state index contributed by atoms with van der Waals surface area (Å²) in [5.41, 5.74) is 1.09. The maximum atomic E-state index is 14.7. The molecule has 1 unspecified atom stereocenters. The Labute approximate surface area is 194 Å². The molecular weight excluding hydrogens is 478 g/mol. The molecule has 3 aromatic rings. The van der Waals surface area contributed by atoms with Crippen molar-refractivity contribution in [3.63, 3.8) is 0 Å². The molecule has 1 aliphatic heterocycles. The van der Waals surface area contributed by atoms with E-state index in [1.165, 1.54) is 7.05 Å². The summed E-state index contributed by atoms with van der Waals surface area (Å²) in [4.78, 5) is 0.126. The Morgan fingerprint density at radius 2 is 2.00 bits per heavy atom. The Balaban J connectivity index is 1.49. The average molecular weight is 499 g/mol. The lowest BCUT2D eigenvalue weighted by Crippen LogP contribution is -2.38. The number of anilines is 1. The summed E-state index contributed by atoms with van der Waals surface area (Å²) < 4.78 is 61.7. The number of tetrazole rings is 1. The quantitative estimate of drug-likeness (QED) is 0.515. The number of aromatic nitrogens is 4. The summed E-state index contributed by atoms with van der Waals surface area (Å²) in [5.74, 6) is -2.76. The molecule has 1 fully saturated rings. The van der Waals surface area contributed by atoms with Gasteiger partial charge in [0.05, 0.1) is 13.7 Å². The van der Waals surface area contributed by atoms with Crippen molar-refractivity contribution in [1.29, 1.82) is 0 Å². The molecule has 1 aromatic heterocycles. The summed E-state index contributed by atoms with van der Waals surface area (Å²) in [7, 11) is -3.05. The van der Waals surface area contributed by atoms with Gasteiger partial charge in [0.1, 0.15) is 10.7 Å². The Hall–Kier alpha value is -2.83. The molecule has 9 nitrogen and oxygen atoms in total. The van der Waals surface area contributed by atoms with Crippen LogP contribution in [0.25, 0.3) is 0 Å². The number of piperidine rings is 1. The van der Waals surface area contributed by atoms with E-state index in [1.807, 2.05) is 29.0 Å². The van der Waals surface area contributed by atoms with Gasteiger partial charge in [0.25, 0.3) is 16.0 Å². The molecule has 0 radical (unpaired) electrons. The molecule has 0 bridgehead atoms. The van der Waals surface area contributed by atoms with Crippen molar-refractivity contribution < 1.29 is 21.9 Å². The van der Waals surface area contributed by atoms with Gasteiger partial charge in [-0.3, -0.25) is 0 Å². The fourth-order valence-electron chi connectivity index (χ4n) is 3.77. The molecule has 2 atom stereocenters. The zero-order valence-electron chi connectivity index (χ0n) is 17.5. The molecule has 2 N–H and O–H groups in total. The van der Waals surface area contributed by atoms with Gasteiger partial charge in [-0.1, -0.05) is 28.8 Å². The second-order valence-corrected chi connectivity index (χ2v) is 9.73. The minimum atomic E-state index is -4.47. The highest BCUT2D eigenvalue weighted by molar-refractivity contribution is 7.92. The van der Waals surface area contributed by atoms with Crippen LogP contribution in [-0.4, -0.2) is 48.3 Å². The van der Waals surface area contributed by atoms with Gasteiger partial charge in [-0.25, -0.2) is 21.9 Å². The van der Waals surface area contributed by atoms with Crippen LogP contribution in [0.3, 0.4) is 0 Å². The van der Waals surface area contributed by atoms with Crippen molar-refractivity contribution in [2.45, 2.75) is 17.2 Å². The number of aryl methyl sites for hydroxylation is 1. The summed E-state index contributed by atoms with van der Waals surface area (Å²) in [6.07, 6.45) is 0.853. The van der Waals surface area contributed by atoms with E-state index >= 15 is 0 Å². The number of nitrogens with zero attached hydrogens (tertiary/aromatic N) is 4. The van der Waals surface area contributed by atoms with Crippen molar-refractivity contribution in [3.8, 4) is 5.75 Å². The normalized spacial score (nSPS) is 18.8. The molecule has 0 aliphatic carbocycles. The number of halogens is 3. The van der Waals surface area contributed by atoms with Crippen molar-refractivity contribution in [3.05, 3.63) is 58.6 Å². The third-order valence-electron chi connectivity index (χ3n) is 5.37. The summed E-state index contributed by atoms with van der Waals surface area (Å²) in [5, 5.41) is 14.5. The van der Waals surface area contributed by atoms with Gasteiger partial charge in [0.2, 0.25) is 0 Å². The summed E-state index contributed by atoms with van der Waals surface area (Å²) in [6, 6.07) is 8.82. The van der Waals surface area contributed by atoms with Crippen LogP contribution in [0.15, 0.2) is 41.3 Å². The topological polar surface area (TPSA) is 111 Å². The lowest BCUT2D eigenvalue weighted by molar-refractivity contribution is 0.190. The van der Waals surface area contributed by atoms with Gasteiger partial charge >= 0.3 is 0 Å². The molecule has 2 heterocycles. The number of ether oxygens (including phenoxy) is 1. The predicted octanol–water partition coefficient (Wildman–Crippen LogP) is 2.71. The highest BCUT2D eigenvalue weighted by atomic mass is 35.5. The first-order valence-corrected chi connectivity index (χ1v) is 11.9. The Morgan fingerprint density at radius 1 is 1.24 bits per heavy atom. The molecule has 1 saturated heterocycles. The van der Waals surface area contributed by atoms with E-state index in [4.69, 9.17) is 16.3 Å². The Bertz CT molecular complexity index is 1240. The number of hydrogen-bond acceptors (Lipinski definition) is 7. The zero-order chi connectivity index (χ0) is 23.6. The number of nitrogens with one attached hydrogen (secondary N) is 2. The third kappa shape index (κ3) is 5.40. The third-order valence-corrected chi connectivity index (χ3v) is 6.96. The Kier molecular flexibility index (Phi) is 6.77. The van der Waals surface area contributed by atoms with E-state index in [-0.39, 0.29) is 30.1 Å². The molecule has 176 valence electrons. The zero-order valence-corrected chi connectivity index (χ0v) is 19.1. The fraction of sp³-hybridized carbons (Fsp3) is 0.350. The molecule has 13 heteroatoms. The van der Waals surface area contributed by atoms with E-state index in [0.29, 0.717) is 17.6 Å². The van der Waals surface area contributed by atoms with Gasteiger partial charge in [0, 0.05) is 29.6 Å². The lowest BCUT2D eigenvalue weighted by atomic mass is 9.81. The van der Waals surface area contributed by atoms with Crippen LogP contribution in [0.1, 0.15) is 17.9 Å². The first kappa shape index (κ1) is 23.3. The van der Waals surface area contributed by atoms with E-state index < -0.39 is 26.6 Å². The van der Waals surface area contributed by atoms with Crippen LogP contribution in [0.4, 0.5) is 14.7 Å². The van der Waals surface area contributed by atoms with Gasteiger partial charge in [-0.2, -0.15) is 4.80 Å². The summed E-state index contributed by atoms with van der Waals surface area (Å²) in [6.45, 7) is 1.58. The molecule has 0 saturated carbocycles. The van der Waals surface area contributed by atoms with E-state index in [1.54, 1.807) is 0 Å². The highest BCUT2D eigenvalue weighted by Gasteiger charge is 2.28. The number of benzene rings is 2. The molecule has 0 spiro atoms. The van der Waals surface area contributed by atoms with Crippen LogP contribution >= 0.6 is 11.6 Å². The predicted molar refractivity (Wildman–Crippen MR) is 117 cm³/mol. The monoisotopic (exact) mass is 498 g/mol. The summed E-state index contributed by atoms with van der Waals surface area (Å²) >= 11 is 5.98. The van der Waals surface area contributed by atoms with Gasteiger partial charge in [-0.05, 0) is 41.8 Å². The molecule has 4 rings (SSSR count). The maximum absolute atomic E-state index is 14.7. The van der Waals surface area contributed by atoms with Crippen molar-refractivity contribution in [2.24, 2.45) is 13.0 Å². The van der Waals surface area contributed by atoms with Gasteiger partial charge in [-0.15, -0.1) is 5.10 Å². The van der Waals surface area contributed by atoms with Crippen LogP contribution in [0, 0.1) is 17.6 Å². The van der Waals surface area contributed by atoms with Crippen LogP contribution in [0.5, 0.6) is 5.75 Å². The van der Waals surface area contributed by atoms with E-state index in [2.05, 4.69) is 20.7 Å². The largest absolute Gasteiger partial charge is 0.490 e.